The summed E-state index contributed by atoms with van der Waals surface area (Å²) in [5, 5.41) is 10.9. The Kier molecular flexibility index (Phi) is 4.75. The van der Waals surface area contributed by atoms with E-state index in [9.17, 15) is 9.59 Å². The van der Waals surface area contributed by atoms with Gasteiger partial charge in [-0.05, 0) is 55.4 Å². The zero-order valence-corrected chi connectivity index (χ0v) is 15.4. The van der Waals surface area contributed by atoms with Crippen molar-refractivity contribution in [3.05, 3.63) is 75.2 Å². The summed E-state index contributed by atoms with van der Waals surface area (Å²) in [6.07, 6.45) is 4.91. The molecule has 0 saturated heterocycles. The van der Waals surface area contributed by atoms with Gasteiger partial charge in [-0.15, -0.1) is 0 Å². The third kappa shape index (κ3) is 3.63. The molecule has 0 saturated carbocycles. The van der Waals surface area contributed by atoms with E-state index in [0.29, 0.717) is 11.1 Å². The first kappa shape index (κ1) is 17.5. The van der Waals surface area contributed by atoms with E-state index in [-0.39, 0.29) is 23.9 Å². The van der Waals surface area contributed by atoms with Crippen molar-refractivity contribution in [2.45, 2.75) is 45.1 Å². The van der Waals surface area contributed by atoms with Crippen molar-refractivity contribution in [3.63, 3.8) is 0 Å². The smallest absolute Gasteiger partial charge is 0.272 e. The Hall–Kier alpha value is -2.95. The van der Waals surface area contributed by atoms with Crippen molar-refractivity contribution < 1.29 is 4.79 Å². The number of fused-ring (bicyclic) bond motifs is 2. The lowest BCUT2D eigenvalue weighted by Gasteiger charge is -2.20. The maximum absolute atomic E-state index is 12.6. The topological polar surface area (TPSA) is 74.8 Å². The van der Waals surface area contributed by atoms with E-state index >= 15 is 0 Å². The first-order valence-electron chi connectivity index (χ1n) is 9.49. The third-order valence-electron chi connectivity index (χ3n) is 5.35. The van der Waals surface area contributed by atoms with E-state index in [4.69, 9.17) is 0 Å². The molecule has 0 spiro atoms. The Morgan fingerprint density at radius 2 is 1.85 bits per heavy atom. The Morgan fingerprint density at radius 1 is 1.11 bits per heavy atom. The van der Waals surface area contributed by atoms with E-state index in [1.54, 1.807) is 12.1 Å². The number of carbonyl (C=O) groups is 1. The monoisotopic (exact) mass is 361 g/mol. The van der Waals surface area contributed by atoms with Crippen molar-refractivity contribution in [2.24, 2.45) is 0 Å². The lowest BCUT2D eigenvalue weighted by Crippen LogP contribution is -2.29. The fraction of sp³-hybridized carbons (Fsp3) is 0.318. The van der Waals surface area contributed by atoms with E-state index in [1.165, 1.54) is 24.0 Å². The number of aromatic amines is 1. The van der Waals surface area contributed by atoms with Crippen molar-refractivity contribution in [2.75, 3.05) is 0 Å². The molecule has 2 aromatic carbocycles. The minimum absolute atomic E-state index is 0.0706. The van der Waals surface area contributed by atoms with Crippen LogP contribution in [-0.4, -0.2) is 16.1 Å². The van der Waals surface area contributed by atoms with Gasteiger partial charge in [-0.3, -0.25) is 9.59 Å². The Morgan fingerprint density at radius 3 is 2.67 bits per heavy atom. The number of benzene rings is 2. The van der Waals surface area contributed by atoms with Crippen LogP contribution in [0.3, 0.4) is 0 Å². The normalized spacial score (nSPS) is 14.6. The standard InChI is InChI=1S/C22H23N3O2/c1-14(16-11-10-15-6-2-3-7-17(15)12-16)23-21(26)13-20-18-8-4-5-9-19(18)22(27)25-24-20/h4-5,8-12,14H,2-3,6-7,13H2,1H3,(H,23,26)(H,25,27)/t14-/m0/s1. The third-order valence-corrected chi connectivity index (χ3v) is 5.35. The number of hydrogen-bond donors (Lipinski definition) is 2. The average Bonchev–Trinajstić information content (AvgIpc) is 2.70. The van der Waals surface area contributed by atoms with Gasteiger partial charge in [0.1, 0.15) is 0 Å². The van der Waals surface area contributed by atoms with Crippen LogP contribution in [0.15, 0.2) is 47.3 Å². The molecule has 1 atom stereocenters. The molecule has 5 heteroatoms. The summed E-state index contributed by atoms with van der Waals surface area (Å²) in [6.45, 7) is 2.00. The highest BCUT2D eigenvalue weighted by Crippen LogP contribution is 2.25. The van der Waals surface area contributed by atoms with Crippen molar-refractivity contribution in [1.82, 2.24) is 15.5 Å². The molecule has 2 N–H and O–H groups in total. The number of aryl methyl sites for hydroxylation is 2. The molecule has 0 unspecified atom stereocenters. The van der Waals surface area contributed by atoms with E-state index in [0.717, 1.165) is 23.8 Å². The van der Waals surface area contributed by atoms with Gasteiger partial charge in [0, 0.05) is 5.39 Å². The molecule has 0 bridgehead atoms. The van der Waals surface area contributed by atoms with Gasteiger partial charge in [-0.2, -0.15) is 5.10 Å². The molecule has 0 fully saturated rings. The van der Waals surface area contributed by atoms with Crippen LogP contribution in [0.1, 0.15) is 48.2 Å². The van der Waals surface area contributed by atoms with Crippen molar-refractivity contribution >= 4 is 16.7 Å². The highest BCUT2D eigenvalue weighted by atomic mass is 16.1. The Balaban J connectivity index is 1.50. The number of hydrogen-bond acceptors (Lipinski definition) is 3. The molecule has 0 radical (unpaired) electrons. The summed E-state index contributed by atoms with van der Waals surface area (Å²) in [5.74, 6) is -0.107. The van der Waals surface area contributed by atoms with Crippen LogP contribution in [-0.2, 0) is 24.1 Å². The molecule has 1 amide bonds. The van der Waals surface area contributed by atoms with Crippen LogP contribution in [0.2, 0.25) is 0 Å². The van der Waals surface area contributed by atoms with Crippen LogP contribution in [0.25, 0.3) is 10.8 Å². The summed E-state index contributed by atoms with van der Waals surface area (Å²) in [4.78, 5) is 24.4. The number of nitrogens with one attached hydrogen (secondary N) is 2. The molecule has 1 aliphatic carbocycles. The lowest BCUT2D eigenvalue weighted by molar-refractivity contribution is -0.121. The lowest BCUT2D eigenvalue weighted by atomic mass is 9.89. The minimum atomic E-state index is -0.239. The van der Waals surface area contributed by atoms with Gasteiger partial charge in [0.25, 0.3) is 5.56 Å². The van der Waals surface area contributed by atoms with E-state index in [1.807, 2.05) is 19.1 Å². The average molecular weight is 361 g/mol. The highest BCUT2D eigenvalue weighted by Gasteiger charge is 2.16. The van der Waals surface area contributed by atoms with Gasteiger partial charge in [0.2, 0.25) is 5.91 Å². The molecular formula is C22H23N3O2. The number of aromatic nitrogens is 2. The molecular weight excluding hydrogens is 338 g/mol. The molecule has 1 aromatic heterocycles. The van der Waals surface area contributed by atoms with Gasteiger partial charge in [0.15, 0.2) is 0 Å². The van der Waals surface area contributed by atoms with Crippen LogP contribution in [0.4, 0.5) is 0 Å². The Bertz CT molecular complexity index is 1050. The molecule has 138 valence electrons. The second-order valence-corrected chi connectivity index (χ2v) is 7.25. The maximum atomic E-state index is 12.6. The van der Waals surface area contributed by atoms with Gasteiger partial charge < -0.3 is 5.32 Å². The van der Waals surface area contributed by atoms with Crippen LogP contribution < -0.4 is 10.9 Å². The second-order valence-electron chi connectivity index (χ2n) is 7.25. The van der Waals surface area contributed by atoms with Gasteiger partial charge in [0.05, 0.1) is 23.5 Å². The quantitative estimate of drug-likeness (QED) is 0.749. The largest absolute Gasteiger partial charge is 0.349 e. The highest BCUT2D eigenvalue weighted by molar-refractivity contribution is 5.88. The molecule has 3 aromatic rings. The van der Waals surface area contributed by atoms with Gasteiger partial charge in [-0.25, -0.2) is 5.10 Å². The number of nitrogens with zero attached hydrogens (tertiary/aromatic N) is 1. The summed E-state index contributed by atoms with van der Waals surface area (Å²) in [6, 6.07) is 13.7. The molecule has 27 heavy (non-hydrogen) atoms. The molecule has 0 aliphatic heterocycles. The maximum Gasteiger partial charge on any atom is 0.272 e. The molecule has 4 rings (SSSR count). The van der Waals surface area contributed by atoms with Crippen LogP contribution in [0.5, 0.6) is 0 Å². The van der Waals surface area contributed by atoms with E-state index < -0.39 is 0 Å². The number of amides is 1. The first-order valence-corrected chi connectivity index (χ1v) is 9.49. The van der Waals surface area contributed by atoms with Gasteiger partial charge in [-0.1, -0.05) is 36.4 Å². The number of rotatable bonds is 4. The summed E-state index contributed by atoms with van der Waals surface area (Å²) >= 11 is 0. The van der Waals surface area contributed by atoms with Crippen LogP contribution in [0, 0.1) is 0 Å². The summed E-state index contributed by atoms with van der Waals surface area (Å²) < 4.78 is 0. The van der Waals surface area contributed by atoms with Gasteiger partial charge >= 0.3 is 0 Å². The predicted molar refractivity (Wildman–Crippen MR) is 106 cm³/mol. The number of carbonyl (C=O) groups excluding carboxylic acids is 1. The summed E-state index contributed by atoms with van der Waals surface area (Å²) in [5.41, 5.74) is 4.32. The van der Waals surface area contributed by atoms with Crippen LogP contribution >= 0.6 is 0 Å². The molecule has 5 nitrogen and oxygen atoms in total. The minimum Gasteiger partial charge on any atom is -0.349 e. The fourth-order valence-electron chi connectivity index (χ4n) is 3.86. The summed E-state index contributed by atoms with van der Waals surface area (Å²) in [7, 11) is 0. The zero-order chi connectivity index (χ0) is 18.8. The second kappa shape index (κ2) is 7.35. The zero-order valence-electron chi connectivity index (χ0n) is 15.4. The number of H-pyrrole nitrogens is 1. The SMILES string of the molecule is C[C@H](NC(=O)Cc1n[nH]c(=O)c2ccccc12)c1ccc2c(c1)CCCC2. The molecule has 1 aliphatic rings. The fourth-order valence-corrected chi connectivity index (χ4v) is 3.86. The molecule has 1 heterocycles. The Labute approximate surface area is 157 Å². The van der Waals surface area contributed by atoms with E-state index in [2.05, 4.69) is 33.7 Å². The first-order chi connectivity index (χ1) is 13.1. The predicted octanol–water partition coefficient (Wildman–Crippen LogP) is 3.22. The van der Waals surface area contributed by atoms with Crippen molar-refractivity contribution in [1.29, 1.82) is 0 Å². The van der Waals surface area contributed by atoms with Crippen molar-refractivity contribution in [3.8, 4) is 0 Å².